The molecular formula is C26H28N4O2. The molecule has 0 radical (unpaired) electrons. The van der Waals surface area contributed by atoms with Gasteiger partial charge in [0.15, 0.2) is 0 Å². The van der Waals surface area contributed by atoms with Crippen molar-refractivity contribution in [3.8, 4) is 11.3 Å². The van der Waals surface area contributed by atoms with E-state index in [-0.39, 0.29) is 0 Å². The zero-order valence-corrected chi connectivity index (χ0v) is 18.3. The van der Waals surface area contributed by atoms with E-state index in [4.69, 9.17) is 9.40 Å². The second-order valence-corrected chi connectivity index (χ2v) is 8.44. The highest BCUT2D eigenvalue weighted by atomic mass is 16.3. The van der Waals surface area contributed by atoms with Gasteiger partial charge in [0.1, 0.15) is 18.1 Å². The van der Waals surface area contributed by atoms with Crippen LogP contribution in [0.3, 0.4) is 0 Å². The Morgan fingerprint density at radius 2 is 2.03 bits per heavy atom. The molecule has 3 aromatic rings. The fourth-order valence-electron chi connectivity index (χ4n) is 4.68. The average molecular weight is 429 g/mol. The highest BCUT2D eigenvalue weighted by Gasteiger charge is 2.23. The second kappa shape index (κ2) is 9.01. The van der Waals surface area contributed by atoms with Crippen molar-refractivity contribution >= 4 is 23.9 Å². The summed E-state index contributed by atoms with van der Waals surface area (Å²) in [5, 5.41) is 6.58. The van der Waals surface area contributed by atoms with E-state index in [1.165, 1.54) is 31.5 Å². The number of carbonyl (C=O) groups is 1. The molecule has 2 N–H and O–H groups in total. The number of hydrogen-bond acceptors (Lipinski definition) is 6. The van der Waals surface area contributed by atoms with E-state index >= 15 is 0 Å². The molecule has 2 aliphatic heterocycles. The smallest absolute Gasteiger partial charge is 0.146 e. The van der Waals surface area contributed by atoms with Gasteiger partial charge in [-0.2, -0.15) is 0 Å². The Bertz CT molecular complexity index is 1100. The molecule has 0 bridgehead atoms. The summed E-state index contributed by atoms with van der Waals surface area (Å²) in [5.41, 5.74) is 5.87. The van der Waals surface area contributed by atoms with Crippen molar-refractivity contribution in [1.82, 2.24) is 15.2 Å². The standard InChI is InChI=1S/C26H28N4O2/c1-2-30-12-8-19(9-13-30)18-3-5-22(6-4-18)28-26-25-20(7-11-27-24(25)16-31)15-23(29-26)21-10-14-32-17-21/h3-7,10-11,14-17,19,24,27H,2,8-9,12-13H2,1H3,(H,28,29). The van der Waals surface area contributed by atoms with Crippen molar-refractivity contribution in [2.45, 2.75) is 31.7 Å². The largest absolute Gasteiger partial charge is 0.472 e. The number of likely N-dealkylation sites (tertiary alicyclic amines) is 1. The molecule has 0 spiro atoms. The second-order valence-electron chi connectivity index (χ2n) is 8.44. The molecule has 164 valence electrons. The number of nitrogens with zero attached hydrogens (tertiary/aromatic N) is 2. The fourth-order valence-corrected chi connectivity index (χ4v) is 4.68. The van der Waals surface area contributed by atoms with Gasteiger partial charge in [0.2, 0.25) is 0 Å². The number of hydrogen-bond donors (Lipinski definition) is 2. The molecule has 2 aliphatic rings. The molecule has 0 aliphatic carbocycles. The first kappa shape index (κ1) is 20.5. The van der Waals surface area contributed by atoms with Crippen molar-refractivity contribution < 1.29 is 9.21 Å². The monoisotopic (exact) mass is 428 g/mol. The number of fused-ring (bicyclic) bond motifs is 1. The highest BCUT2D eigenvalue weighted by molar-refractivity contribution is 5.79. The number of pyridine rings is 1. The zero-order valence-electron chi connectivity index (χ0n) is 18.3. The van der Waals surface area contributed by atoms with Crippen LogP contribution in [0.1, 0.15) is 48.4 Å². The van der Waals surface area contributed by atoms with E-state index in [0.717, 1.165) is 40.9 Å². The van der Waals surface area contributed by atoms with Crippen molar-refractivity contribution in [3.63, 3.8) is 0 Å². The minimum absolute atomic E-state index is 0.438. The number of piperidine rings is 1. The van der Waals surface area contributed by atoms with E-state index in [1.807, 2.05) is 24.4 Å². The fraction of sp³-hybridized carbons (Fsp3) is 0.308. The summed E-state index contributed by atoms with van der Waals surface area (Å²) in [7, 11) is 0. The van der Waals surface area contributed by atoms with Gasteiger partial charge in [-0.15, -0.1) is 0 Å². The molecular weight excluding hydrogens is 400 g/mol. The summed E-state index contributed by atoms with van der Waals surface area (Å²) < 4.78 is 5.25. The van der Waals surface area contributed by atoms with Crippen LogP contribution in [0.25, 0.3) is 17.3 Å². The number of aromatic nitrogens is 1. The number of rotatable bonds is 6. The van der Waals surface area contributed by atoms with Gasteiger partial charge in [0, 0.05) is 16.8 Å². The Kier molecular flexibility index (Phi) is 5.77. The maximum atomic E-state index is 11.7. The van der Waals surface area contributed by atoms with Crippen LogP contribution in [-0.2, 0) is 4.79 Å². The lowest BCUT2D eigenvalue weighted by Crippen LogP contribution is -2.32. The molecule has 1 aromatic carbocycles. The third-order valence-corrected chi connectivity index (χ3v) is 6.57. The molecule has 32 heavy (non-hydrogen) atoms. The Morgan fingerprint density at radius 1 is 1.22 bits per heavy atom. The van der Waals surface area contributed by atoms with Crippen LogP contribution in [0, 0.1) is 0 Å². The van der Waals surface area contributed by atoms with Crippen LogP contribution < -0.4 is 10.6 Å². The van der Waals surface area contributed by atoms with Gasteiger partial charge in [0.25, 0.3) is 0 Å². The number of aldehydes is 1. The lowest BCUT2D eigenvalue weighted by atomic mass is 9.89. The van der Waals surface area contributed by atoms with E-state index < -0.39 is 6.04 Å². The predicted molar refractivity (Wildman–Crippen MR) is 127 cm³/mol. The number of carbonyl (C=O) groups excluding carboxylic acids is 1. The molecule has 0 saturated carbocycles. The van der Waals surface area contributed by atoms with Gasteiger partial charge in [-0.05, 0) is 86.1 Å². The van der Waals surface area contributed by atoms with Crippen LogP contribution in [0.2, 0.25) is 0 Å². The summed E-state index contributed by atoms with van der Waals surface area (Å²) in [4.78, 5) is 19.1. The summed E-state index contributed by atoms with van der Waals surface area (Å²) in [6.07, 6.45) is 10.4. The number of nitrogens with one attached hydrogen (secondary N) is 2. The van der Waals surface area contributed by atoms with E-state index in [9.17, 15) is 4.79 Å². The van der Waals surface area contributed by atoms with Gasteiger partial charge in [-0.1, -0.05) is 19.1 Å². The van der Waals surface area contributed by atoms with Crippen molar-refractivity contribution in [2.75, 3.05) is 25.0 Å². The van der Waals surface area contributed by atoms with Gasteiger partial charge in [0.05, 0.1) is 18.2 Å². The Balaban J connectivity index is 1.43. The van der Waals surface area contributed by atoms with Crippen LogP contribution in [-0.4, -0.2) is 35.8 Å². The Morgan fingerprint density at radius 3 is 2.72 bits per heavy atom. The highest BCUT2D eigenvalue weighted by Crippen LogP contribution is 2.35. The molecule has 6 heteroatoms. The Hall–Kier alpha value is -3.38. The SMILES string of the molecule is CCN1CCC(c2ccc(Nc3nc(-c4ccoc4)cc4c3C(C=O)NC=C4)cc2)CC1. The van der Waals surface area contributed by atoms with Gasteiger partial charge in [-0.25, -0.2) is 4.98 Å². The number of anilines is 2. The van der Waals surface area contributed by atoms with Crippen molar-refractivity contribution in [3.05, 3.63) is 71.8 Å². The molecule has 5 rings (SSSR count). The lowest BCUT2D eigenvalue weighted by Gasteiger charge is -2.31. The molecule has 1 fully saturated rings. The predicted octanol–water partition coefficient (Wildman–Crippen LogP) is 5.10. The molecule has 2 aromatic heterocycles. The molecule has 4 heterocycles. The van der Waals surface area contributed by atoms with E-state index in [0.29, 0.717) is 11.7 Å². The van der Waals surface area contributed by atoms with Crippen LogP contribution in [0.5, 0.6) is 0 Å². The van der Waals surface area contributed by atoms with Crippen LogP contribution in [0.15, 0.2) is 59.5 Å². The first-order chi connectivity index (χ1) is 15.7. The van der Waals surface area contributed by atoms with E-state index in [1.54, 1.807) is 12.5 Å². The molecule has 6 nitrogen and oxygen atoms in total. The first-order valence-corrected chi connectivity index (χ1v) is 11.3. The summed E-state index contributed by atoms with van der Waals surface area (Å²) in [5.74, 6) is 1.30. The number of furan rings is 1. The maximum absolute atomic E-state index is 11.7. The van der Waals surface area contributed by atoms with Crippen molar-refractivity contribution in [1.29, 1.82) is 0 Å². The van der Waals surface area contributed by atoms with Crippen molar-refractivity contribution in [2.24, 2.45) is 0 Å². The van der Waals surface area contributed by atoms with Gasteiger partial charge < -0.3 is 24.7 Å². The third kappa shape index (κ3) is 4.06. The van der Waals surface area contributed by atoms with E-state index in [2.05, 4.69) is 46.7 Å². The lowest BCUT2D eigenvalue weighted by molar-refractivity contribution is -0.109. The molecule has 1 unspecified atom stereocenters. The molecule has 1 saturated heterocycles. The average Bonchev–Trinajstić information content (AvgIpc) is 3.39. The summed E-state index contributed by atoms with van der Waals surface area (Å²) in [6.45, 7) is 5.71. The topological polar surface area (TPSA) is 70.4 Å². The normalized spacial score (nSPS) is 18.7. The maximum Gasteiger partial charge on any atom is 0.146 e. The molecule has 0 amide bonds. The zero-order chi connectivity index (χ0) is 21.9. The first-order valence-electron chi connectivity index (χ1n) is 11.3. The minimum Gasteiger partial charge on any atom is -0.472 e. The Labute approximate surface area is 188 Å². The summed E-state index contributed by atoms with van der Waals surface area (Å²) >= 11 is 0. The van der Waals surface area contributed by atoms with Gasteiger partial charge >= 0.3 is 0 Å². The van der Waals surface area contributed by atoms with Crippen LogP contribution >= 0.6 is 0 Å². The quantitative estimate of drug-likeness (QED) is 0.533. The summed E-state index contributed by atoms with van der Waals surface area (Å²) in [6, 6.07) is 12.1. The third-order valence-electron chi connectivity index (χ3n) is 6.57. The molecule has 1 atom stereocenters. The van der Waals surface area contributed by atoms with Gasteiger partial charge in [-0.3, -0.25) is 0 Å². The number of benzene rings is 1. The van der Waals surface area contributed by atoms with Crippen LogP contribution in [0.4, 0.5) is 11.5 Å². The minimum atomic E-state index is -0.438.